The van der Waals surface area contributed by atoms with Crippen LogP contribution in [-0.2, 0) is 0 Å². The molecule has 1 aromatic rings. The Morgan fingerprint density at radius 2 is 2.24 bits per heavy atom. The predicted molar refractivity (Wildman–Crippen MR) is 67.4 cm³/mol. The first-order valence-corrected chi connectivity index (χ1v) is 6.62. The van der Waals surface area contributed by atoms with Gasteiger partial charge in [-0.1, -0.05) is 18.5 Å². The fourth-order valence-electron chi connectivity index (χ4n) is 3.24. The van der Waals surface area contributed by atoms with Crippen molar-refractivity contribution in [2.75, 3.05) is 0 Å². The smallest absolute Gasteiger partial charge is 0.126 e. The Balaban J connectivity index is 1.96. The number of benzene rings is 1. The van der Waals surface area contributed by atoms with E-state index >= 15 is 0 Å². The van der Waals surface area contributed by atoms with Gasteiger partial charge in [0.2, 0.25) is 0 Å². The lowest BCUT2D eigenvalue weighted by atomic mass is 9.87. The maximum atomic E-state index is 10.3. The summed E-state index contributed by atoms with van der Waals surface area (Å²) in [5.41, 5.74) is 0.697. The lowest BCUT2D eigenvalue weighted by Gasteiger charge is -2.38. The maximum absolute atomic E-state index is 10.3. The van der Waals surface area contributed by atoms with Crippen molar-refractivity contribution in [1.82, 2.24) is 0 Å². The standard InChI is InChI=1S/C14H17ClO2/c1-9-4-5-14(7-9)8-12(16)11-6-10(15)2-3-13(11)17-14/h2-3,6,9,12,16H,4-5,7-8H2,1H3. The van der Waals surface area contributed by atoms with Crippen molar-refractivity contribution in [3.8, 4) is 5.75 Å². The van der Waals surface area contributed by atoms with Gasteiger partial charge < -0.3 is 9.84 Å². The molecule has 0 amide bonds. The summed E-state index contributed by atoms with van der Waals surface area (Å²) in [6, 6.07) is 5.52. The molecule has 3 atom stereocenters. The average Bonchev–Trinajstić information content (AvgIpc) is 2.61. The molecule has 92 valence electrons. The van der Waals surface area contributed by atoms with Crippen molar-refractivity contribution in [1.29, 1.82) is 0 Å². The summed E-state index contributed by atoms with van der Waals surface area (Å²) in [5.74, 6) is 1.50. The van der Waals surface area contributed by atoms with Gasteiger partial charge in [0.1, 0.15) is 11.4 Å². The van der Waals surface area contributed by atoms with Crippen LogP contribution in [-0.4, -0.2) is 10.7 Å². The molecule has 1 aliphatic carbocycles. The minimum atomic E-state index is -0.442. The maximum Gasteiger partial charge on any atom is 0.126 e. The molecule has 1 fully saturated rings. The number of halogens is 1. The topological polar surface area (TPSA) is 29.5 Å². The van der Waals surface area contributed by atoms with Gasteiger partial charge in [0.15, 0.2) is 0 Å². The molecule has 1 heterocycles. The number of hydrogen-bond donors (Lipinski definition) is 1. The second kappa shape index (κ2) is 3.89. The molecule has 1 saturated carbocycles. The van der Waals surface area contributed by atoms with Crippen LogP contribution < -0.4 is 4.74 Å². The third-order valence-electron chi connectivity index (χ3n) is 4.04. The monoisotopic (exact) mass is 252 g/mol. The Kier molecular flexibility index (Phi) is 2.60. The highest BCUT2D eigenvalue weighted by molar-refractivity contribution is 6.30. The van der Waals surface area contributed by atoms with Crippen LogP contribution in [0.2, 0.25) is 5.02 Å². The van der Waals surface area contributed by atoms with Crippen LogP contribution in [0.1, 0.15) is 44.3 Å². The summed E-state index contributed by atoms with van der Waals surface area (Å²) >= 11 is 5.95. The highest BCUT2D eigenvalue weighted by Crippen LogP contribution is 2.49. The van der Waals surface area contributed by atoms with E-state index in [1.54, 1.807) is 0 Å². The Morgan fingerprint density at radius 1 is 1.41 bits per heavy atom. The molecule has 3 unspecified atom stereocenters. The number of ether oxygens (including phenoxy) is 1. The van der Waals surface area contributed by atoms with Gasteiger partial charge in [0.05, 0.1) is 6.10 Å². The molecule has 2 aliphatic rings. The van der Waals surface area contributed by atoms with E-state index in [9.17, 15) is 5.11 Å². The van der Waals surface area contributed by atoms with Gasteiger partial charge in [-0.3, -0.25) is 0 Å². The van der Waals surface area contributed by atoms with Gasteiger partial charge in [-0.2, -0.15) is 0 Å². The minimum Gasteiger partial charge on any atom is -0.487 e. The molecule has 1 spiro atoms. The zero-order chi connectivity index (χ0) is 12.0. The Morgan fingerprint density at radius 3 is 2.94 bits per heavy atom. The van der Waals surface area contributed by atoms with E-state index in [4.69, 9.17) is 16.3 Å². The SMILES string of the molecule is CC1CCC2(C1)CC(O)c1cc(Cl)ccc1O2. The van der Waals surface area contributed by atoms with Crippen LogP contribution in [0.4, 0.5) is 0 Å². The summed E-state index contributed by atoms with van der Waals surface area (Å²) < 4.78 is 6.16. The van der Waals surface area contributed by atoms with Crippen molar-refractivity contribution in [3.05, 3.63) is 28.8 Å². The second-order valence-electron chi connectivity index (χ2n) is 5.54. The van der Waals surface area contributed by atoms with Gasteiger partial charge in [-0.15, -0.1) is 0 Å². The van der Waals surface area contributed by atoms with Gasteiger partial charge in [0, 0.05) is 17.0 Å². The Labute approximate surface area is 107 Å². The van der Waals surface area contributed by atoms with E-state index in [2.05, 4.69) is 6.92 Å². The molecule has 1 N–H and O–H groups in total. The normalized spacial score (nSPS) is 35.7. The highest BCUT2D eigenvalue weighted by Gasteiger charge is 2.44. The average molecular weight is 253 g/mol. The van der Waals surface area contributed by atoms with Gasteiger partial charge in [0.25, 0.3) is 0 Å². The zero-order valence-corrected chi connectivity index (χ0v) is 10.7. The third-order valence-corrected chi connectivity index (χ3v) is 4.27. The molecule has 1 aromatic carbocycles. The minimum absolute atomic E-state index is 0.139. The first-order chi connectivity index (χ1) is 8.08. The van der Waals surface area contributed by atoms with Crippen LogP contribution in [0.15, 0.2) is 18.2 Å². The largest absolute Gasteiger partial charge is 0.487 e. The van der Waals surface area contributed by atoms with Gasteiger partial charge >= 0.3 is 0 Å². The summed E-state index contributed by atoms with van der Waals surface area (Å²) in [4.78, 5) is 0. The molecule has 3 heteroatoms. The molecule has 17 heavy (non-hydrogen) atoms. The molecule has 0 aromatic heterocycles. The predicted octanol–water partition coefficient (Wildman–Crippen LogP) is 3.71. The molecular weight excluding hydrogens is 236 g/mol. The van der Waals surface area contributed by atoms with E-state index in [0.29, 0.717) is 17.4 Å². The molecule has 3 rings (SSSR count). The summed E-state index contributed by atoms with van der Waals surface area (Å²) in [7, 11) is 0. The lowest BCUT2D eigenvalue weighted by Crippen LogP contribution is -2.38. The van der Waals surface area contributed by atoms with Crippen LogP contribution in [0.5, 0.6) is 5.75 Å². The molecule has 0 saturated heterocycles. The summed E-state index contributed by atoms with van der Waals surface area (Å²) in [6.45, 7) is 2.25. The van der Waals surface area contributed by atoms with E-state index in [0.717, 1.165) is 24.2 Å². The van der Waals surface area contributed by atoms with E-state index in [1.807, 2.05) is 18.2 Å². The number of aliphatic hydroxyl groups excluding tert-OH is 1. The van der Waals surface area contributed by atoms with Crippen molar-refractivity contribution < 1.29 is 9.84 Å². The van der Waals surface area contributed by atoms with Crippen molar-refractivity contribution in [2.45, 2.75) is 44.3 Å². The van der Waals surface area contributed by atoms with E-state index < -0.39 is 6.10 Å². The second-order valence-corrected chi connectivity index (χ2v) is 5.97. The molecule has 0 radical (unpaired) electrons. The summed E-state index contributed by atoms with van der Waals surface area (Å²) in [6.07, 6.45) is 3.54. The van der Waals surface area contributed by atoms with Crippen molar-refractivity contribution in [3.63, 3.8) is 0 Å². The Hall–Kier alpha value is -0.730. The summed E-state index contributed by atoms with van der Waals surface area (Å²) in [5, 5.41) is 10.9. The van der Waals surface area contributed by atoms with Crippen LogP contribution in [0, 0.1) is 5.92 Å². The van der Waals surface area contributed by atoms with Crippen molar-refractivity contribution >= 4 is 11.6 Å². The van der Waals surface area contributed by atoms with Crippen LogP contribution >= 0.6 is 11.6 Å². The number of fused-ring (bicyclic) bond motifs is 1. The lowest BCUT2D eigenvalue weighted by molar-refractivity contribution is -0.0116. The number of rotatable bonds is 0. The van der Waals surface area contributed by atoms with E-state index in [-0.39, 0.29) is 5.60 Å². The first-order valence-electron chi connectivity index (χ1n) is 6.24. The number of hydrogen-bond acceptors (Lipinski definition) is 2. The molecule has 2 nitrogen and oxygen atoms in total. The number of aliphatic hydroxyl groups is 1. The zero-order valence-electron chi connectivity index (χ0n) is 9.95. The van der Waals surface area contributed by atoms with Crippen LogP contribution in [0.3, 0.4) is 0 Å². The van der Waals surface area contributed by atoms with Crippen LogP contribution in [0.25, 0.3) is 0 Å². The van der Waals surface area contributed by atoms with E-state index in [1.165, 1.54) is 6.42 Å². The molecular formula is C14H17ClO2. The fourth-order valence-corrected chi connectivity index (χ4v) is 3.42. The fraction of sp³-hybridized carbons (Fsp3) is 0.571. The van der Waals surface area contributed by atoms with Gasteiger partial charge in [-0.25, -0.2) is 0 Å². The third kappa shape index (κ3) is 1.94. The van der Waals surface area contributed by atoms with Gasteiger partial charge in [-0.05, 0) is 43.4 Å². The Bertz CT molecular complexity index is 446. The molecule has 0 bridgehead atoms. The first kappa shape index (κ1) is 11.4. The molecule has 1 aliphatic heterocycles. The highest BCUT2D eigenvalue weighted by atomic mass is 35.5. The van der Waals surface area contributed by atoms with Crippen molar-refractivity contribution in [2.24, 2.45) is 5.92 Å². The quantitative estimate of drug-likeness (QED) is 0.763.